The number of carbonyl (C=O) groups excluding carboxylic acids is 1. The average Bonchev–Trinajstić information content (AvgIpc) is 2.60. The second-order valence-corrected chi connectivity index (χ2v) is 4.29. The van der Waals surface area contributed by atoms with E-state index in [-0.39, 0.29) is 17.6 Å². The lowest BCUT2D eigenvalue weighted by atomic mass is 9.85. The molecule has 3 N–H and O–H groups in total. The fourth-order valence-corrected chi connectivity index (χ4v) is 2.78. The second kappa shape index (κ2) is 3.51. The lowest BCUT2D eigenvalue weighted by Gasteiger charge is -2.28. The molecule has 0 aromatic heterocycles. The summed E-state index contributed by atoms with van der Waals surface area (Å²) in [5.74, 6) is 0.274. The zero-order chi connectivity index (χ0) is 10.2. The first-order valence-corrected chi connectivity index (χ1v) is 5.37. The largest absolute Gasteiger partial charge is 0.465 e. The van der Waals surface area contributed by atoms with Crippen LogP contribution < -0.4 is 11.1 Å². The molecule has 0 aromatic carbocycles. The minimum absolute atomic E-state index is 0.181. The number of hydrogen-bond acceptors (Lipinski definition) is 4. The molecule has 1 saturated carbocycles. The van der Waals surface area contributed by atoms with Gasteiger partial charge in [-0.05, 0) is 25.7 Å². The van der Waals surface area contributed by atoms with Gasteiger partial charge in [-0.15, -0.1) is 0 Å². The molecule has 2 aliphatic rings. The van der Waals surface area contributed by atoms with Gasteiger partial charge >= 0.3 is 5.97 Å². The van der Waals surface area contributed by atoms with E-state index < -0.39 is 0 Å². The normalized spacial score (nSPS) is 41.0. The van der Waals surface area contributed by atoms with Crippen molar-refractivity contribution in [1.82, 2.24) is 5.32 Å². The van der Waals surface area contributed by atoms with E-state index in [0.717, 1.165) is 25.8 Å². The first-order chi connectivity index (χ1) is 6.68. The van der Waals surface area contributed by atoms with E-state index in [1.165, 1.54) is 0 Å². The number of ether oxygens (including phenoxy) is 1. The summed E-state index contributed by atoms with van der Waals surface area (Å²) < 4.78 is 5.02. The van der Waals surface area contributed by atoms with Crippen molar-refractivity contribution in [3.05, 3.63) is 0 Å². The summed E-state index contributed by atoms with van der Waals surface area (Å²) in [6.07, 6.45) is 3.21. The third-order valence-corrected chi connectivity index (χ3v) is 3.55. The van der Waals surface area contributed by atoms with Crippen LogP contribution in [0.2, 0.25) is 0 Å². The Hall–Kier alpha value is -0.610. The fourth-order valence-electron chi connectivity index (χ4n) is 2.78. The smallest absolute Gasteiger partial charge is 0.325 e. The Labute approximate surface area is 84.2 Å². The van der Waals surface area contributed by atoms with Gasteiger partial charge in [-0.3, -0.25) is 4.79 Å². The van der Waals surface area contributed by atoms with Gasteiger partial charge in [0.2, 0.25) is 0 Å². The maximum Gasteiger partial charge on any atom is 0.325 e. The van der Waals surface area contributed by atoms with Crippen LogP contribution in [0, 0.1) is 5.92 Å². The van der Waals surface area contributed by atoms with Gasteiger partial charge in [0, 0.05) is 12.1 Å². The summed E-state index contributed by atoms with van der Waals surface area (Å²) in [6.45, 7) is 3.11. The topological polar surface area (TPSA) is 64.3 Å². The highest BCUT2D eigenvalue weighted by atomic mass is 16.5. The summed E-state index contributed by atoms with van der Waals surface area (Å²) in [7, 11) is 0. The van der Waals surface area contributed by atoms with Crippen LogP contribution in [0.5, 0.6) is 0 Å². The third-order valence-electron chi connectivity index (χ3n) is 3.55. The van der Waals surface area contributed by atoms with Crippen LogP contribution in [-0.2, 0) is 9.53 Å². The SMILES string of the molecule is CCOC(=O)[C@H]1NCC2CCC[C@@]21N. The zero-order valence-electron chi connectivity index (χ0n) is 8.58. The van der Waals surface area contributed by atoms with Gasteiger partial charge in [-0.2, -0.15) is 0 Å². The Morgan fingerprint density at radius 2 is 2.50 bits per heavy atom. The zero-order valence-corrected chi connectivity index (χ0v) is 8.58. The van der Waals surface area contributed by atoms with E-state index in [4.69, 9.17) is 10.5 Å². The van der Waals surface area contributed by atoms with Crippen molar-refractivity contribution in [2.45, 2.75) is 37.8 Å². The standard InChI is InChI=1S/C10H18N2O2/c1-2-14-9(13)8-10(11)5-3-4-7(10)6-12-8/h7-8,12H,2-6,11H2,1H3/t7?,8-,10-/m1/s1. The molecule has 3 atom stereocenters. The molecule has 2 fully saturated rings. The molecule has 1 unspecified atom stereocenters. The summed E-state index contributed by atoms with van der Waals surface area (Å²) in [4.78, 5) is 11.6. The van der Waals surface area contributed by atoms with Gasteiger partial charge in [-0.1, -0.05) is 6.42 Å². The lowest BCUT2D eigenvalue weighted by Crippen LogP contribution is -2.56. The van der Waals surface area contributed by atoms with Crippen molar-refractivity contribution in [3.63, 3.8) is 0 Å². The molecule has 2 rings (SSSR count). The Bertz CT molecular complexity index is 244. The molecule has 4 heteroatoms. The molecule has 0 radical (unpaired) electrons. The van der Waals surface area contributed by atoms with Gasteiger partial charge in [0.15, 0.2) is 0 Å². The molecule has 0 amide bonds. The monoisotopic (exact) mass is 198 g/mol. The molecule has 1 aliphatic heterocycles. The third kappa shape index (κ3) is 1.33. The molecule has 14 heavy (non-hydrogen) atoms. The summed E-state index contributed by atoms with van der Waals surface area (Å²) in [6, 6.07) is -0.282. The van der Waals surface area contributed by atoms with E-state index in [9.17, 15) is 4.79 Å². The number of esters is 1. The maximum absolute atomic E-state index is 11.6. The van der Waals surface area contributed by atoms with Gasteiger partial charge < -0.3 is 15.8 Å². The predicted molar refractivity (Wildman–Crippen MR) is 52.7 cm³/mol. The predicted octanol–water partition coefficient (Wildman–Crippen LogP) is 0.0189. The Morgan fingerprint density at radius 1 is 1.71 bits per heavy atom. The Morgan fingerprint density at radius 3 is 3.21 bits per heavy atom. The van der Waals surface area contributed by atoms with Crippen molar-refractivity contribution < 1.29 is 9.53 Å². The van der Waals surface area contributed by atoms with E-state index in [1.54, 1.807) is 0 Å². The van der Waals surface area contributed by atoms with Gasteiger partial charge in [0.25, 0.3) is 0 Å². The number of carbonyl (C=O) groups is 1. The highest BCUT2D eigenvalue weighted by Crippen LogP contribution is 2.39. The molecule has 0 bridgehead atoms. The lowest BCUT2D eigenvalue weighted by molar-refractivity contribution is -0.146. The van der Waals surface area contributed by atoms with Crippen molar-refractivity contribution in [2.75, 3.05) is 13.2 Å². The number of nitrogens with one attached hydrogen (secondary N) is 1. The van der Waals surface area contributed by atoms with Crippen molar-refractivity contribution in [1.29, 1.82) is 0 Å². The fraction of sp³-hybridized carbons (Fsp3) is 0.900. The highest BCUT2D eigenvalue weighted by Gasteiger charge is 2.53. The minimum atomic E-state index is -0.341. The summed E-state index contributed by atoms with van der Waals surface area (Å²) in [5, 5.41) is 3.18. The van der Waals surface area contributed by atoms with Crippen LogP contribution in [0.15, 0.2) is 0 Å². The Kier molecular flexibility index (Phi) is 2.49. The van der Waals surface area contributed by atoms with Gasteiger partial charge in [-0.25, -0.2) is 0 Å². The van der Waals surface area contributed by atoms with Crippen LogP contribution in [0.25, 0.3) is 0 Å². The number of fused-ring (bicyclic) bond motifs is 1. The molecule has 80 valence electrons. The Balaban J connectivity index is 2.09. The number of rotatable bonds is 2. The molecule has 4 nitrogen and oxygen atoms in total. The van der Waals surface area contributed by atoms with Crippen molar-refractivity contribution >= 4 is 5.97 Å². The first-order valence-electron chi connectivity index (χ1n) is 5.37. The van der Waals surface area contributed by atoms with E-state index in [0.29, 0.717) is 12.5 Å². The van der Waals surface area contributed by atoms with Gasteiger partial charge in [0.05, 0.1) is 6.61 Å². The average molecular weight is 198 g/mol. The van der Waals surface area contributed by atoms with Crippen LogP contribution >= 0.6 is 0 Å². The molecule has 1 heterocycles. The van der Waals surface area contributed by atoms with Crippen LogP contribution in [0.1, 0.15) is 26.2 Å². The van der Waals surface area contributed by atoms with E-state index in [2.05, 4.69) is 5.32 Å². The van der Waals surface area contributed by atoms with Crippen LogP contribution in [-0.4, -0.2) is 30.7 Å². The van der Waals surface area contributed by atoms with Crippen molar-refractivity contribution in [2.24, 2.45) is 11.7 Å². The summed E-state index contributed by atoms with van der Waals surface area (Å²) >= 11 is 0. The molecular weight excluding hydrogens is 180 g/mol. The number of hydrogen-bond donors (Lipinski definition) is 2. The minimum Gasteiger partial charge on any atom is -0.465 e. The molecule has 1 saturated heterocycles. The maximum atomic E-state index is 11.6. The van der Waals surface area contributed by atoms with Crippen LogP contribution in [0.4, 0.5) is 0 Å². The van der Waals surface area contributed by atoms with Crippen molar-refractivity contribution in [3.8, 4) is 0 Å². The van der Waals surface area contributed by atoms with E-state index in [1.807, 2.05) is 6.92 Å². The molecular formula is C10H18N2O2. The second-order valence-electron chi connectivity index (χ2n) is 4.29. The quantitative estimate of drug-likeness (QED) is 0.614. The molecule has 1 aliphatic carbocycles. The summed E-state index contributed by atoms with van der Waals surface area (Å²) in [5.41, 5.74) is 5.94. The number of nitrogens with two attached hydrogens (primary N) is 1. The highest BCUT2D eigenvalue weighted by molar-refractivity contribution is 5.78. The van der Waals surface area contributed by atoms with Crippen LogP contribution in [0.3, 0.4) is 0 Å². The van der Waals surface area contributed by atoms with E-state index >= 15 is 0 Å². The molecule has 0 aromatic rings. The first kappa shape index (κ1) is 9.93. The van der Waals surface area contributed by atoms with Gasteiger partial charge in [0.1, 0.15) is 6.04 Å². The molecule has 0 spiro atoms.